The van der Waals surface area contributed by atoms with Gasteiger partial charge in [0, 0.05) is 32.7 Å². The van der Waals surface area contributed by atoms with Crippen LogP contribution in [0.25, 0.3) is 0 Å². The number of nitriles is 1. The molecule has 2 saturated heterocycles. The Labute approximate surface area is 162 Å². The number of hydrogen-bond acceptors (Lipinski definition) is 5. The summed E-state index contributed by atoms with van der Waals surface area (Å²) in [4.78, 5) is 19.4. The highest BCUT2D eigenvalue weighted by atomic mass is 16.5. The first-order valence-electron chi connectivity index (χ1n) is 10.0. The molecule has 27 heavy (non-hydrogen) atoms. The molecule has 0 N–H and O–H groups in total. The second-order valence-corrected chi connectivity index (χ2v) is 7.37. The first-order valence-corrected chi connectivity index (χ1v) is 10.0. The maximum Gasteiger partial charge on any atom is 0.242 e. The van der Waals surface area contributed by atoms with E-state index in [1.165, 1.54) is 5.56 Å². The van der Waals surface area contributed by atoms with Gasteiger partial charge in [0.1, 0.15) is 12.1 Å². The van der Waals surface area contributed by atoms with Crippen molar-refractivity contribution in [3.8, 4) is 6.07 Å². The summed E-state index contributed by atoms with van der Waals surface area (Å²) in [6.45, 7) is 7.68. The fraction of sp³-hybridized carbons (Fsp3) is 0.619. The second kappa shape index (κ2) is 9.84. The van der Waals surface area contributed by atoms with Gasteiger partial charge in [0.25, 0.3) is 0 Å². The van der Waals surface area contributed by atoms with Gasteiger partial charge < -0.3 is 9.64 Å². The largest absolute Gasteiger partial charge is 0.378 e. The number of carbonyl (C=O) groups is 1. The monoisotopic (exact) mass is 370 g/mol. The Morgan fingerprint density at radius 2 is 2.04 bits per heavy atom. The number of morpholine rings is 1. The second-order valence-electron chi connectivity index (χ2n) is 7.37. The fourth-order valence-corrected chi connectivity index (χ4v) is 3.86. The van der Waals surface area contributed by atoms with Crippen LogP contribution >= 0.6 is 0 Å². The van der Waals surface area contributed by atoms with Crippen LogP contribution in [0.4, 0.5) is 0 Å². The molecule has 2 unspecified atom stereocenters. The van der Waals surface area contributed by atoms with Crippen LogP contribution in [0, 0.1) is 11.3 Å². The van der Waals surface area contributed by atoms with Crippen LogP contribution in [-0.2, 0) is 16.1 Å². The van der Waals surface area contributed by atoms with Crippen molar-refractivity contribution in [2.75, 3.05) is 45.9 Å². The number of ether oxygens (including phenoxy) is 1. The summed E-state index contributed by atoms with van der Waals surface area (Å²) in [7, 11) is 0. The average Bonchev–Trinajstić information content (AvgIpc) is 2.73. The van der Waals surface area contributed by atoms with Gasteiger partial charge in [-0.15, -0.1) is 0 Å². The molecule has 6 nitrogen and oxygen atoms in total. The average molecular weight is 370 g/mol. The normalized spacial score (nSPS) is 24.5. The standard InChI is InChI=1S/C21H30N4O2/c1-2-3-9-23-12-13-27-17-20(23)21(26)25-11-10-24(19(14-22)16-25)15-18-7-5-4-6-8-18/h4-8,19-20H,2-3,9-13,15-17H2,1H3. The third-order valence-corrected chi connectivity index (χ3v) is 5.50. The summed E-state index contributed by atoms with van der Waals surface area (Å²) in [5, 5.41) is 9.65. The Balaban J connectivity index is 1.61. The van der Waals surface area contributed by atoms with Crippen molar-refractivity contribution in [1.29, 1.82) is 5.26 Å². The molecular weight excluding hydrogens is 340 g/mol. The van der Waals surface area contributed by atoms with E-state index >= 15 is 0 Å². The Morgan fingerprint density at radius 3 is 2.78 bits per heavy atom. The van der Waals surface area contributed by atoms with Crippen molar-refractivity contribution in [1.82, 2.24) is 14.7 Å². The quantitative estimate of drug-likeness (QED) is 0.763. The minimum atomic E-state index is -0.267. The lowest BCUT2D eigenvalue weighted by atomic mass is 10.1. The zero-order valence-corrected chi connectivity index (χ0v) is 16.2. The molecule has 2 heterocycles. The number of nitrogens with zero attached hydrogens (tertiary/aromatic N) is 4. The van der Waals surface area contributed by atoms with E-state index < -0.39 is 0 Å². The molecule has 0 spiro atoms. The first kappa shape index (κ1) is 19.8. The van der Waals surface area contributed by atoms with E-state index in [0.717, 1.165) is 39.0 Å². The zero-order chi connectivity index (χ0) is 19.1. The topological polar surface area (TPSA) is 59.8 Å². The SMILES string of the molecule is CCCCN1CCOCC1C(=O)N1CCN(Cc2ccccc2)C(C#N)C1. The number of unbranched alkanes of at least 4 members (excludes halogenated alkanes) is 1. The third-order valence-electron chi connectivity index (χ3n) is 5.50. The van der Waals surface area contributed by atoms with Crippen molar-refractivity contribution in [3.63, 3.8) is 0 Å². The van der Waals surface area contributed by atoms with Gasteiger partial charge in [0.05, 0.1) is 19.3 Å². The van der Waals surface area contributed by atoms with Gasteiger partial charge in [-0.1, -0.05) is 43.7 Å². The third kappa shape index (κ3) is 5.07. The van der Waals surface area contributed by atoms with Crippen molar-refractivity contribution in [3.05, 3.63) is 35.9 Å². The summed E-state index contributed by atoms with van der Waals surface area (Å²) in [6, 6.07) is 12.1. The van der Waals surface area contributed by atoms with E-state index in [1.54, 1.807) is 0 Å². The molecule has 2 aliphatic rings. The highest BCUT2D eigenvalue weighted by Crippen LogP contribution is 2.17. The first-order chi connectivity index (χ1) is 13.2. The van der Waals surface area contributed by atoms with E-state index in [9.17, 15) is 10.1 Å². The molecule has 146 valence electrons. The van der Waals surface area contributed by atoms with E-state index in [4.69, 9.17) is 4.74 Å². The van der Waals surface area contributed by atoms with Crippen LogP contribution in [0.3, 0.4) is 0 Å². The van der Waals surface area contributed by atoms with Gasteiger partial charge in [0.15, 0.2) is 0 Å². The molecule has 0 radical (unpaired) electrons. The maximum atomic E-state index is 13.1. The molecule has 2 aliphatic heterocycles. The lowest BCUT2D eigenvalue weighted by Gasteiger charge is -2.42. The van der Waals surface area contributed by atoms with E-state index in [-0.39, 0.29) is 18.0 Å². The number of carbonyl (C=O) groups excluding carboxylic acids is 1. The summed E-state index contributed by atoms with van der Waals surface area (Å²) in [6.07, 6.45) is 2.21. The number of rotatable bonds is 6. The highest BCUT2D eigenvalue weighted by Gasteiger charge is 2.36. The zero-order valence-electron chi connectivity index (χ0n) is 16.2. The van der Waals surface area contributed by atoms with Gasteiger partial charge in [-0.25, -0.2) is 0 Å². The summed E-state index contributed by atoms with van der Waals surface area (Å²) in [5.74, 6) is 0.116. The predicted octanol–water partition coefficient (Wildman–Crippen LogP) is 1.72. The fourth-order valence-electron chi connectivity index (χ4n) is 3.86. The number of piperazine rings is 1. The van der Waals surface area contributed by atoms with Crippen molar-refractivity contribution >= 4 is 5.91 Å². The molecule has 0 bridgehead atoms. The van der Waals surface area contributed by atoms with Crippen LogP contribution in [-0.4, -0.2) is 78.6 Å². The molecule has 1 amide bonds. The Kier molecular flexibility index (Phi) is 7.22. The molecule has 6 heteroatoms. The van der Waals surface area contributed by atoms with E-state index in [1.807, 2.05) is 23.1 Å². The Hall–Kier alpha value is -1.94. The minimum Gasteiger partial charge on any atom is -0.378 e. The van der Waals surface area contributed by atoms with Gasteiger partial charge >= 0.3 is 0 Å². The smallest absolute Gasteiger partial charge is 0.242 e. The predicted molar refractivity (Wildman–Crippen MR) is 104 cm³/mol. The number of hydrogen-bond donors (Lipinski definition) is 0. The minimum absolute atomic E-state index is 0.116. The molecule has 0 aliphatic carbocycles. The summed E-state index contributed by atoms with van der Waals surface area (Å²) >= 11 is 0. The molecule has 2 fully saturated rings. The van der Waals surface area contributed by atoms with Crippen molar-refractivity contribution in [2.45, 2.75) is 38.4 Å². The van der Waals surface area contributed by atoms with E-state index in [0.29, 0.717) is 26.3 Å². The van der Waals surface area contributed by atoms with Crippen LogP contribution in [0.5, 0.6) is 0 Å². The van der Waals surface area contributed by atoms with Gasteiger partial charge in [-0.2, -0.15) is 5.26 Å². The van der Waals surface area contributed by atoms with Crippen LogP contribution < -0.4 is 0 Å². The maximum absolute atomic E-state index is 13.1. The number of benzene rings is 1. The van der Waals surface area contributed by atoms with Crippen molar-refractivity contribution < 1.29 is 9.53 Å². The molecule has 1 aromatic carbocycles. The van der Waals surface area contributed by atoms with Crippen LogP contribution in [0.1, 0.15) is 25.3 Å². The van der Waals surface area contributed by atoms with Gasteiger partial charge in [-0.05, 0) is 18.5 Å². The van der Waals surface area contributed by atoms with Gasteiger partial charge in [0.2, 0.25) is 5.91 Å². The summed E-state index contributed by atoms with van der Waals surface area (Å²) < 4.78 is 5.59. The number of amides is 1. The lowest BCUT2D eigenvalue weighted by Crippen LogP contribution is -2.60. The molecular formula is C21H30N4O2. The highest BCUT2D eigenvalue weighted by molar-refractivity contribution is 5.82. The van der Waals surface area contributed by atoms with Crippen molar-refractivity contribution in [2.24, 2.45) is 0 Å². The van der Waals surface area contributed by atoms with Crippen LogP contribution in [0.2, 0.25) is 0 Å². The van der Waals surface area contributed by atoms with Gasteiger partial charge in [-0.3, -0.25) is 14.6 Å². The van der Waals surface area contributed by atoms with E-state index in [2.05, 4.69) is 34.9 Å². The molecule has 0 aromatic heterocycles. The lowest BCUT2D eigenvalue weighted by molar-refractivity contribution is -0.145. The Bertz CT molecular complexity index is 645. The summed E-state index contributed by atoms with van der Waals surface area (Å²) in [5.41, 5.74) is 1.20. The molecule has 1 aromatic rings. The van der Waals surface area contributed by atoms with Crippen LogP contribution in [0.15, 0.2) is 30.3 Å². The molecule has 2 atom stereocenters. The molecule has 3 rings (SSSR count). The molecule has 0 saturated carbocycles. The Morgan fingerprint density at radius 1 is 1.22 bits per heavy atom.